The summed E-state index contributed by atoms with van der Waals surface area (Å²) in [5.74, 6) is 3.63. The van der Waals surface area contributed by atoms with Gasteiger partial charge in [0.05, 0.1) is 23.4 Å². The maximum atomic E-state index is 13.8. The van der Waals surface area contributed by atoms with Gasteiger partial charge >= 0.3 is 5.82 Å². The largest absolute Gasteiger partial charge is 0.392 e. The number of carbonyl (C=O) groups excluding carboxylic acids is 1. The molecule has 3 N–H and O–H groups in total. The predicted molar refractivity (Wildman–Crippen MR) is 70.8 cm³/mol. The summed E-state index contributed by atoms with van der Waals surface area (Å²) in [6.45, 7) is 1.50. The number of amides is 1. The van der Waals surface area contributed by atoms with Crippen LogP contribution in [0.4, 0.5) is 10.2 Å². The number of nitrogen functional groups attached to an aromatic ring is 1. The Hall–Kier alpha value is -2.81. The minimum Gasteiger partial charge on any atom is -0.358 e. The first-order valence-corrected chi connectivity index (χ1v) is 5.90. The summed E-state index contributed by atoms with van der Waals surface area (Å²) in [6.07, 6.45) is 1.44. The van der Waals surface area contributed by atoms with E-state index in [0.29, 0.717) is 5.56 Å². The summed E-state index contributed by atoms with van der Waals surface area (Å²) in [7, 11) is 0. The molecule has 1 aromatic carbocycles. The van der Waals surface area contributed by atoms with Crippen molar-refractivity contribution in [2.24, 2.45) is 5.84 Å². The second-order valence-electron chi connectivity index (χ2n) is 4.37. The van der Waals surface area contributed by atoms with E-state index in [1.807, 2.05) is 5.43 Å². The van der Waals surface area contributed by atoms with Gasteiger partial charge in [0, 0.05) is 11.1 Å². The summed E-state index contributed by atoms with van der Waals surface area (Å²) >= 11 is 0. The van der Waals surface area contributed by atoms with Crippen molar-refractivity contribution in [1.29, 1.82) is 0 Å². The Kier molecular flexibility index (Phi) is 3.94. The van der Waals surface area contributed by atoms with Gasteiger partial charge in [-0.25, -0.2) is 10.2 Å². The molecule has 0 bridgehead atoms. The molecule has 0 saturated heterocycles. The molecule has 0 saturated carbocycles. The third kappa shape index (κ3) is 3.03. The van der Waals surface area contributed by atoms with Gasteiger partial charge in [-0.1, -0.05) is 0 Å². The van der Waals surface area contributed by atoms with Crippen LogP contribution in [-0.2, 0) is 6.54 Å². The van der Waals surface area contributed by atoms with Crippen LogP contribution in [0.5, 0.6) is 0 Å². The average Bonchev–Trinajstić information content (AvgIpc) is 2.81. The quantitative estimate of drug-likeness (QED) is 0.376. The molecule has 0 fully saturated rings. The van der Waals surface area contributed by atoms with Crippen molar-refractivity contribution in [1.82, 2.24) is 15.2 Å². The average molecular weight is 293 g/mol. The fourth-order valence-corrected chi connectivity index (χ4v) is 1.87. The van der Waals surface area contributed by atoms with Crippen molar-refractivity contribution < 1.29 is 14.1 Å². The molecule has 110 valence electrons. The van der Waals surface area contributed by atoms with Crippen LogP contribution in [-0.4, -0.2) is 20.6 Å². The zero-order chi connectivity index (χ0) is 15.6. The number of aryl methyl sites for hydroxylation is 1. The van der Waals surface area contributed by atoms with Crippen LogP contribution in [0.15, 0.2) is 24.4 Å². The summed E-state index contributed by atoms with van der Waals surface area (Å²) < 4.78 is 15.0. The van der Waals surface area contributed by atoms with Gasteiger partial charge in [-0.15, -0.1) is 0 Å². The van der Waals surface area contributed by atoms with E-state index in [0.717, 1.165) is 6.07 Å². The van der Waals surface area contributed by atoms with Crippen molar-refractivity contribution in [2.75, 3.05) is 0 Å². The molecule has 2 aromatic rings. The molecule has 0 atom stereocenters. The summed E-state index contributed by atoms with van der Waals surface area (Å²) in [4.78, 5) is 21.5. The number of carbonyl (C=O) groups is 1. The molecule has 0 aliphatic rings. The van der Waals surface area contributed by atoms with E-state index in [1.54, 1.807) is 0 Å². The number of nitrogens with zero attached hydrogens (tertiary/aromatic N) is 3. The van der Waals surface area contributed by atoms with Crippen LogP contribution >= 0.6 is 0 Å². The van der Waals surface area contributed by atoms with Gasteiger partial charge in [0.1, 0.15) is 5.82 Å². The van der Waals surface area contributed by atoms with Crippen molar-refractivity contribution in [2.45, 2.75) is 13.5 Å². The number of hydrogen-bond acceptors (Lipinski definition) is 5. The molecule has 0 aliphatic heterocycles. The Morgan fingerprint density at radius 1 is 1.57 bits per heavy atom. The molecule has 21 heavy (non-hydrogen) atoms. The van der Waals surface area contributed by atoms with E-state index in [9.17, 15) is 19.3 Å². The molecule has 9 heteroatoms. The molecule has 0 unspecified atom stereocenters. The normalized spacial score (nSPS) is 10.4. The van der Waals surface area contributed by atoms with Gasteiger partial charge in [0.25, 0.3) is 5.91 Å². The number of hydrogen-bond donors (Lipinski definition) is 2. The summed E-state index contributed by atoms with van der Waals surface area (Å²) in [5.41, 5.74) is 2.68. The van der Waals surface area contributed by atoms with Crippen LogP contribution < -0.4 is 11.3 Å². The highest BCUT2D eigenvalue weighted by molar-refractivity contribution is 5.93. The zero-order valence-corrected chi connectivity index (χ0v) is 11.0. The first-order valence-electron chi connectivity index (χ1n) is 5.90. The molecule has 0 spiro atoms. The summed E-state index contributed by atoms with van der Waals surface area (Å²) in [6, 6.07) is 3.74. The van der Waals surface area contributed by atoms with Crippen LogP contribution in [0.3, 0.4) is 0 Å². The second kappa shape index (κ2) is 5.67. The monoisotopic (exact) mass is 293 g/mol. The Balaban J connectivity index is 2.32. The van der Waals surface area contributed by atoms with E-state index in [-0.39, 0.29) is 23.5 Å². The van der Waals surface area contributed by atoms with E-state index >= 15 is 0 Å². The molecule has 8 nitrogen and oxygen atoms in total. The Morgan fingerprint density at radius 3 is 2.86 bits per heavy atom. The summed E-state index contributed by atoms with van der Waals surface area (Å²) in [5, 5.41) is 14.5. The van der Waals surface area contributed by atoms with Crippen LogP contribution in [0.25, 0.3) is 0 Å². The Bertz CT molecular complexity index is 713. The second-order valence-corrected chi connectivity index (χ2v) is 4.37. The third-order valence-corrected chi connectivity index (χ3v) is 2.86. The maximum Gasteiger partial charge on any atom is 0.392 e. The number of rotatable bonds is 4. The lowest BCUT2D eigenvalue weighted by atomic mass is 10.1. The molecule has 0 aliphatic carbocycles. The van der Waals surface area contributed by atoms with Gasteiger partial charge < -0.3 is 10.1 Å². The van der Waals surface area contributed by atoms with Crippen molar-refractivity contribution in [3.63, 3.8) is 0 Å². The highest BCUT2D eigenvalue weighted by atomic mass is 19.1. The van der Waals surface area contributed by atoms with E-state index in [4.69, 9.17) is 5.84 Å². The minimum atomic E-state index is -0.611. The highest BCUT2D eigenvalue weighted by Crippen LogP contribution is 2.17. The lowest BCUT2D eigenvalue weighted by Crippen LogP contribution is -2.30. The highest BCUT2D eigenvalue weighted by Gasteiger charge is 2.18. The Morgan fingerprint density at radius 2 is 2.29 bits per heavy atom. The predicted octanol–water partition coefficient (Wildman–Crippen LogP) is 0.891. The topological polar surface area (TPSA) is 116 Å². The number of benzene rings is 1. The van der Waals surface area contributed by atoms with E-state index < -0.39 is 16.6 Å². The molecule has 1 amide bonds. The SMILES string of the molecule is Cc1cn(Cc2cc(C(=O)NN)ccc2F)nc1[N+](=O)[O-]. The van der Waals surface area contributed by atoms with Gasteiger partial charge in [-0.2, -0.15) is 4.68 Å². The van der Waals surface area contributed by atoms with E-state index in [2.05, 4.69) is 5.10 Å². The minimum absolute atomic E-state index is 0.0355. The van der Waals surface area contributed by atoms with Gasteiger partial charge in [0.2, 0.25) is 0 Å². The molecule has 1 heterocycles. The van der Waals surface area contributed by atoms with Crippen LogP contribution in [0.1, 0.15) is 21.5 Å². The Labute approximate surface area is 118 Å². The standard InChI is InChI=1S/C12H12FN5O3/c1-7-5-17(16-11(7)18(20)21)6-9-4-8(12(19)15-14)2-3-10(9)13/h2-5H,6,14H2,1H3,(H,15,19). The molecule has 1 aromatic heterocycles. The lowest BCUT2D eigenvalue weighted by Gasteiger charge is -2.04. The number of aromatic nitrogens is 2. The van der Waals surface area contributed by atoms with Crippen molar-refractivity contribution in [3.8, 4) is 0 Å². The first-order chi connectivity index (χ1) is 9.92. The van der Waals surface area contributed by atoms with Crippen LogP contribution in [0, 0.1) is 22.9 Å². The molecular weight excluding hydrogens is 281 g/mol. The smallest absolute Gasteiger partial charge is 0.358 e. The zero-order valence-electron chi connectivity index (χ0n) is 11.0. The first kappa shape index (κ1) is 14.6. The van der Waals surface area contributed by atoms with Gasteiger partial charge in [0.15, 0.2) is 0 Å². The number of nitrogens with two attached hydrogens (primary N) is 1. The van der Waals surface area contributed by atoms with Crippen LogP contribution in [0.2, 0.25) is 0 Å². The van der Waals surface area contributed by atoms with Gasteiger partial charge in [-0.05, 0) is 30.0 Å². The van der Waals surface area contributed by atoms with E-state index in [1.165, 1.54) is 29.9 Å². The number of halogens is 1. The molecule has 0 radical (unpaired) electrons. The fraction of sp³-hybridized carbons (Fsp3) is 0.167. The van der Waals surface area contributed by atoms with Crippen molar-refractivity contribution >= 4 is 11.7 Å². The fourth-order valence-electron chi connectivity index (χ4n) is 1.87. The lowest BCUT2D eigenvalue weighted by molar-refractivity contribution is -0.390. The number of nitro groups is 1. The van der Waals surface area contributed by atoms with Crippen molar-refractivity contribution in [3.05, 3.63) is 57.0 Å². The third-order valence-electron chi connectivity index (χ3n) is 2.86. The van der Waals surface area contributed by atoms with Gasteiger partial charge in [-0.3, -0.25) is 10.2 Å². The maximum absolute atomic E-state index is 13.8. The number of nitrogens with one attached hydrogen (secondary N) is 1. The molecular formula is C12H12FN5O3. The number of hydrazine groups is 1. The molecule has 2 rings (SSSR count).